The highest BCUT2D eigenvalue weighted by Crippen LogP contribution is 2.27. The zero-order chi connectivity index (χ0) is 18.1. The van der Waals surface area contributed by atoms with Gasteiger partial charge in [-0.15, -0.1) is 0 Å². The largest absolute Gasteiger partial charge is 0.463 e. The van der Waals surface area contributed by atoms with Crippen LogP contribution in [0, 0.1) is 17.7 Å². The minimum atomic E-state index is -0.217. The fraction of sp³-hybridized carbons (Fsp3) is 0.650. The molecule has 0 amide bonds. The van der Waals surface area contributed by atoms with Crippen LogP contribution in [-0.4, -0.2) is 37.0 Å². The number of ether oxygens (including phenoxy) is 2. The van der Waals surface area contributed by atoms with E-state index >= 15 is 0 Å². The molecule has 2 unspecified atom stereocenters. The van der Waals surface area contributed by atoms with E-state index in [9.17, 15) is 9.18 Å². The van der Waals surface area contributed by atoms with Crippen molar-refractivity contribution in [3.63, 3.8) is 0 Å². The van der Waals surface area contributed by atoms with Gasteiger partial charge in [0.05, 0.1) is 19.1 Å². The zero-order valence-electron chi connectivity index (χ0n) is 15.0. The summed E-state index contributed by atoms with van der Waals surface area (Å²) >= 11 is 0. The lowest BCUT2D eigenvalue weighted by Crippen LogP contribution is -2.23. The summed E-state index contributed by atoms with van der Waals surface area (Å²) in [5.41, 5.74) is 1.10. The number of esters is 1. The van der Waals surface area contributed by atoms with Crippen molar-refractivity contribution in [2.75, 3.05) is 19.8 Å². The van der Waals surface area contributed by atoms with E-state index in [1.165, 1.54) is 25.0 Å². The number of carbonyl (C=O) groups is 1. The number of carbonyl (C=O) groups excluding carboxylic acids is 1. The molecule has 4 nitrogen and oxygen atoms in total. The van der Waals surface area contributed by atoms with E-state index in [0.717, 1.165) is 24.8 Å². The van der Waals surface area contributed by atoms with Crippen LogP contribution in [-0.2, 0) is 20.7 Å². The third kappa shape index (κ3) is 8.45. The molecule has 1 saturated carbocycles. The number of cyclic esters (lactones) is 1. The van der Waals surface area contributed by atoms with Gasteiger partial charge in [-0.1, -0.05) is 12.1 Å². The molecule has 0 bridgehead atoms. The lowest BCUT2D eigenvalue weighted by molar-refractivity contribution is -0.151. The predicted molar refractivity (Wildman–Crippen MR) is 93.6 cm³/mol. The van der Waals surface area contributed by atoms with Gasteiger partial charge in [-0.2, -0.15) is 0 Å². The predicted octanol–water partition coefficient (Wildman–Crippen LogP) is 3.51. The first kappa shape index (κ1) is 19.9. The third-order valence-corrected chi connectivity index (χ3v) is 4.51. The minimum Gasteiger partial charge on any atom is -0.463 e. The molecule has 2 aliphatic rings. The van der Waals surface area contributed by atoms with Crippen molar-refractivity contribution in [3.05, 3.63) is 35.6 Å². The molecule has 3 rings (SSSR count). The van der Waals surface area contributed by atoms with Crippen molar-refractivity contribution in [3.8, 4) is 0 Å². The molecule has 1 aromatic carbocycles. The van der Waals surface area contributed by atoms with Crippen LogP contribution in [0.25, 0.3) is 0 Å². The minimum absolute atomic E-state index is 0.0777. The van der Waals surface area contributed by atoms with Crippen LogP contribution < -0.4 is 0 Å². The molecular formula is C20H29FO4. The van der Waals surface area contributed by atoms with Crippen molar-refractivity contribution < 1.29 is 23.8 Å². The van der Waals surface area contributed by atoms with E-state index in [1.54, 1.807) is 0 Å². The van der Waals surface area contributed by atoms with Gasteiger partial charge in [0.2, 0.25) is 0 Å². The monoisotopic (exact) mass is 352 g/mol. The Morgan fingerprint density at radius 2 is 1.84 bits per heavy atom. The second-order valence-corrected chi connectivity index (χ2v) is 7.01. The Bertz CT molecular complexity index is 513. The highest BCUT2D eigenvalue weighted by Gasteiger charge is 2.19. The number of hydrogen-bond donors (Lipinski definition) is 1. The molecule has 1 saturated heterocycles. The van der Waals surface area contributed by atoms with E-state index < -0.39 is 0 Å². The van der Waals surface area contributed by atoms with Gasteiger partial charge in [0.25, 0.3) is 0 Å². The Kier molecular flexibility index (Phi) is 8.35. The van der Waals surface area contributed by atoms with Crippen LogP contribution in [0.1, 0.15) is 44.6 Å². The van der Waals surface area contributed by atoms with Gasteiger partial charge in [-0.05, 0) is 68.6 Å². The standard InChI is InChI=1S/C16H21FO3.C4H8O/c1-12-10-14(6-8-19-9-7-16(18)20-12)11-13-2-4-15(17)5-3-13;5-3-4-1-2-4/h2-5,12,14H,6-11H2,1H3;4-5H,1-3H2. The lowest BCUT2D eigenvalue weighted by Gasteiger charge is -2.23. The van der Waals surface area contributed by atoms with Gasteiger partial charge in [0.1, 0.15) is 5.82 Å². The van der Waals surface area contributed by atoms with Crippen molar-refractivity contribution in [2.24, 2.45) is 11.8 Å². The number of aliphatic hydroxyl groups excluding tert-OH is 1. The first-order chi connectivity index (χ1) is 12.1. The number of halogens is 1. The summed E-state index contributed by atoms with van der Waals surface area (Å²) < 4.78 is 23.7. The second-order valence-electron chi connectivity index (χ2n) is 7.01. The topological polar surface area (TPSA) is 55.8 Å². The van der Waals surface area contributed by atoms with Gasteiger partial charge in [0, 0.05) is 13.2 Å². The maximum Gasteiger partial charge on any atom is 0.308 e. The lowest BCUT2D eigenvalue weighted by atomic mass is 9.91. The molecule has 1 aromatic rings. The van der Waals surface area contributed by atoms with E-state index in [1.807, 2.05) is 19.1 Å². The van der Waals surface area contributed by atoms with Crippen molar-refractivity contribution in [1.82, 2.24) is 0 Å². The normalized spacial score (nSPS) is 24.7. The number of hydrogen-bond acceptors (Lipinski definition) is 4. The summed E-state index contributed by atoms with van der Waals surface area (Å²) in [6.45, 7) is 3.43. The van der Waals surface area contributed by atoms with Gasteiger partial charge >= 0.3 is 5.97 Å². The maximum atomic E-state index is 12.9. The van der Waals surface area contributed by atoms with Crippen LogP contribution in [0.4, 0.5) is 4.39 Å². The summed E-state index contributed by atoms with van der Waals surface area (Å²) in [5.74, 6) is 0.654. The van der Waals surface area contributed by atoms with Crippen molar-refractivity contribution >= 4 is 5.97 Å². The molecule has 25 heavy (non-hydrogen) atoms. The number of benzene rings is 1. The molecule has 0 spiro atoms. The van der Waals surface area contributed by atoms with E-state index in [-0.39, 0.29) is 17.9 Å². The zero-order valence-corrected chi connectivity index (χ0v) is 15.0. The van der Waals surface area contributed by atoms with E-state index in [2.05, 4.69) is 0 Å². The molecule has 5 heteroatoms. The third-order valence-electron chi connectivity index (χ3n) is 4.51. The highest BCUT2D eigenvalue weighted by atomic mass is 19.1. The molecule has 0 radical (unpaired) electrons. The average Bonchev–Trinajstić information content (AvgIpc) is 3.41. The summed E-state index contributed by atoms with van der Waals surface area (Å²) in [6, 6.07) is 6.59. The smallest absolute Gasteiger partial charge is 0.308 e. The molecule has 2 atom stereocenters. The van der Waals surface area contributed by atoms with E-state index in [0.29, 0.717) is 38.1 Å². The summed E-state index contributed by atoms with van der Waals surface area (Å²) in [4.78, 5) is 11.5. The Morgan fingerprint density at radius 1 is 1.12 bits per heavy atom. The average molecular weight is 352 g/mol. The fourth-order valence-corrected chi connectivity index (χ4v) is 2.87. The van der Waals surface area contributed by atoms with Gasteiger partial charge in [0.15, 0.2) is 0 Å². The van der Waals surface area contributed by atoms with Crippen LogP contribution in [0.2, 0.25) is 0 Å². The Balaban J connectivity index is 0.000000386. The van der Waals surface area contributed by atoms with Crippen LogP contribution in [0.15, 0.2) is 24.3 Å². The van der Waals surface area contributed by atoms with Crippen LogP contribution >= 0.6 is 0 Å². The van der Waals surface area contributed by atoms with Crippen molar-refractivity contribution in [1.29, 1.82) is 0 Å². The molecule has 140 valence electrons. The SMILES string of the molecule is CC1CC(Cc2ccc(F)cc2)CCOCCC(=O)O1.OCC1CC1. The maximum absolute atomic E-state index is 12.9. The molecule has 0 aromatic heterocycles. The number of rotatable bonds is 3. The first-order valence-electron chi connectivity index (χ1n) is 9.19. The van der Waals surface area contributed by atoms with Crippen molar-refractivity contribution in [2.45, 2.75) is 51.6 Å². The quantitative estimate of drug-likeness (QED) is 0.846. The van der Waals surface area contributed by atoms with Gasteiger partial charge in [-0.3, -0.25) is 4.79 Å². The Labute approximate surface area is 149 Å². The first-order valence-corrected chi connectivity index (χ1v) is 9.19. The molecule has 1 aliphatic heterocycles. The Morgan fingerprint density at radius 3 is 2.44 bits per heavy atom. The molecule has 2 fully saturated rings. The van der Waals surface area contributed by atoms with Crippen LogP contribution in [0.3, 0.4) is 0 Å². The second kappa shape index (κ2) is 10.5. The number of aliphatic hydroxyl groups is 1. The fourth-order valence-electron chi connectivity index (χ4n) is 2.87. The van der Waals surface area contributed by atoms with Gasteiger partial charge in [-0.25, -0.2) is 4.39 Å². The van der Waals surface area contributed by atoms with Crippen LogP contribution in [0.5, 0.6) is 0 Å². The van der Waals surface area contributed by atoms with E-state index in [4.69, 9.17) is 14.6 Å². The molecule has 1 heterocycles. The Hall–Kier alpha value is -1.46. The summed E-state index contributed by atoms with van der Waals surface area (Å²) in [7, 11) is 0. The molecular weight excluding hydrogens is 323 g/mol. The molecule has 1 aliphatic carbocycles. The summed E-state index contributed by atoms with van der Waals surface area (Å²) in [5, 5.41) is 8.21. The van der Waals surface area contributed by atoms with Gasteiger partial charge < -0.3 is 14.6 Å². The summed E-state index contributed by atoms with van der Waals surface area (Å²) in [6.07, 6.45) is 5.36. The highest BCUT2D eigenvalue weighted by molar-refractivity contribution is 5.69. The molecule has 1 N–H and O–H groups in total.